The largest absolute Gasteiger partial charge is 0.478 e. The fourth-order valence-electron chi connectivity index (χ4n) is 2.66. The van der Waals surface area contributed by atoms with Gasteiger partial charge in [0.15, 0.2) is 5.69 Å². The standard InChI is InChI=1S/C17H17NO4/c1-3-11-12(4-2)14(10-8-6-5-7-9-10)18-15(17(21)22)13(11)16(19)20/h5-9H,3-4H2,1-2H3,(H,19,20)(H,21,22). The van der Waals surface area contributed by atoms with Gasteiger partial charge in [0, 0.05) is 5.56 Å². The van der Waals surface area contributed by atoms with Crippen molar-refractivity contribution < 1.29 is 19.8 Å². The topological polar surface area (TPSA) is 87.5 Å². The number of rotatable bonds is 5. The summed E-state index contributed by atoms with van der Waals surface area (Å²) < 4.78 is 0. The zero-order chi connectivity index (χ0) is 16.3. The normalized spacial score (nSPS) is 10.5. The second kappa shape index (κ2) is 6.39. The summed E-state index contributed by atoms with van der Waals surface area (Å²) in [6.07, 6.45) is 1.02. The van der Waals surface area contributed by atoms with Gasteiger partial charge in [-0.1, -0.05) is 44.2 Å². The first kappa shape index (κ1) is 15.7. The van der Waals surface area contributed by atoms with Gasteiger partial charge in [0.25, 0.3) is 0 Å². The van der Waals surface area contributed by atoms with Gasteiger partial charge in [-0.15, -0.1) is 0 Å². The highest BCUT2D eigenvalue weighted by Gasteiger charge is 2.26. The van der Waals surface area contributed by atoms with E-state index in [0.717, 1.165) is 11.1 Å². The van der Waals surface area contributed by atoms with Crippen LogP contribution in [0.2, 0.25) is 0 Å². The van der Waals surface area contributed by atoms with Gasteiger partial charge in [0.1, 0.15) is 0 Å². The molecule has 0 unspecified atom stereocenters. The van der Waals surface area contributed by atoms with Crippen LogP contribution in [0.3, 0.4) is 0 Å². The van der Waals surface area contributed by atoms with Crippen LogP contribution in [0.4, 0.5) is 0 Å². The minimum Gasteiger partial charge on any atom is -0.478 e. The van der Waals surface area contributed by atoms with Gasteiger partial charge in [0.2, 0.25) is 0 Å². The lowest BCUT2D eigenvalue weighted by molar-refractivity contribution is 0.0645. The summed E-state index contributed by atoms with van der Waals surface area (Å²) in [5, 5.41) is 18.7. The molecule has 0 aliphatic carbocycles. The summed E-state index contributed by atoms with van der Waals surface area (Å²) in [4.78, 5) is 27.1. The van der Waals surface area contributed by atoms with Crippen molar-refractivity contribution in [2.45, 2.75) is 26.7 Å². The Kier molecular flexibility index (Phi) is 4.56. The van der Waals surface area contributed by atoms with Crippen LogP contribution in [0.5, 0.6) is 0 Å². The summed E-state index contributed by atoms with van der Waals surface area (Å²) in [6.45, 7) is 3.73. The van der Waals surface area contributed by atoms with Gasteiger partial charge in [0.05, 0.1) is 11.3 Å². The monoisotopic (exact) mass is 299 g/mol. The van der Waals surface area contributed by atoms with E-state index >= 15 is 0 Å². The van der Waals surface area contributed by atoms with E-state index in [0.29, 0.717) is 24.1 Å². The Bertz CT molecular complexity index is 723. The molecule has 0 bridgehead atoms. The predicted octanol–water partition coefficient (Wildman–Crippen LogP) is 3.27. The summed E-state index contributed by atoms with van der Waals surface area (Å²) in [6, 6.07) is 9.22. The molecule has 2 N–H and O–H groups in total. The van der Waals surface area contributed by atoms with Crippen molar-refractivity contribution in [3.63, 3.8) is 0 Å². The van der Waals surface area contributed by atoms with Gasteiger partial charge >= 0.3 is 11.9 Å². The Morgan fingerprint density at radius 3 is 2.00 bits per heavy atom. The first-order valence-corrected chi connectivity index (χ1v) is 7.08. The number of aromatic carboxylic acids is 2. The van der Waals surface area contributed by atoms with Crippen LogP contribution in [0.15, 0.2) is 30.3 Å². The molecule has 1 heterocycles. The smallest absolute Gasteiger partial charge is 0.355 e. The maximum absolute atomic E-state index is 11.5. The average Bonchev–Trinajstić information content (AvgIpc) is 2.53. The number of hydrogen-bond acceptors (Lipinski definition) is 3. The van der Waals surface area contributed by atoms with Gasteiger partial charge in [-0.25, -0.2) is 14.6 Å². The molecule has 0 atom stereocenters. The minimum atomic E-state index is -1.33. The molecule has 5 heteroatoms. The number of aromatic nitrogens is 1. The molecule has 1 aromatic carbocycles. The lowest BCUT2D eigenvalue weighted by atomic mass is 9.92. The van der Waals surface area contributed by atoms with E-state index in [1.54, 1.807) is 0 Å². The number of pyridine rings is 1. The number of carboxylic acid groups (broad SMARTS) is 2. The second-order valence-electron chi connectivity index (χ2n) is 4.82. The minimum absolute atomic E-state index is 0.202. The van der Waals surface area contributed by atoms with Crippen molar-refractivity contribution in [3.8, 4) is 11.3 Å². The molecule has 0 radical (unpaired) electrons. The van der Waals surface area contributed by atoms with Crippen molar-refractivity contribution in [1.29, 1.82) is 0 Å². The Morgan fingerprint density at radius 1 is 0.955 bits per heavy atom. The highest BCUT2D eigenvalue weighted by molar-refractivity contribution is 6.02. The molecule has 0 aliphatic rings. The van der Waals surface area contributed by atoms with E-state index in [2.05, 4.69) is 4.98 Å². The molecular formula is C17H17NO4. The number of hydrogen-bond donors (Lipinski definition) is 2. The first-order valence-electron chi connectivity index (χ1n) is 7.08. The van der Waals surface area contributed by atoms with E-state index in [4.69, 9.17) is 0 Å². The molecule has 0 aliphatic heterocycles. The third-order valence-corrected chi connectivity index (χ3v) is 3.58. The quantitative estimate of drug-likeness (QED) is 0.884. The summed E-state index contributed by atoms with van der Waals surface area (Å²) >= 11 is 0. The Morgan fingerprint density at radius 2 is 1.55 bits per heavy atom. The van der Waals surface area contributed by atoms with E-state index in [-0.39, 0.29) is 5.56 Å². The van der Waals surface area contributed by atoms with Crippen molar-refractivity contribution in [2.75, 3.05) is 0 Å². The molecule has 0 spiro atoms. The number of nitrogens with zero attached hydrogens (tertiary/aromatic N) is 1. The molecule has 5 nitrogen and oxygen atoms in total. The molecular weight excluding hydrogens is 282 g/mol. The maximum Gasteiger partial charge on any atom is 0.355 e. The van der Waals surface area contributed by atoms with Crippen LogP contribution in [0.25, 0.3) is 11.3 Å². The Hall–Kier alpha value is -2.69. The van der Waals surface area contributed by atoms with Crippen LogP contribution in [-0.4, -0.2) is 27.1 Å². The number of benzene rings is 1. The highest BCUT2D eigenvalue weighted by atomic mass is 16.4. The van der Waals surface area contributed by atoms with Gasteiger partial charge in [-0.3, -0.25) is 0 Å². The molecule has 0 fully saturated rings. The van der Waals surface area contributed by atoms with E-state index in [1.807, 2.05) is 44.2 Å². The first-order chi connectivity index (χ1) is 10.5. The van der Waals surface area contributed by atoms with Gasteiger partial charge in [-0.05, 0) is 24.0 Å². The highest BCUT2D eigenvalue weighted by Crippen LogP contribution is 2.29. The van der Waals surface area contributed by atoms with Crippen molar-refractivity contribution in [2.24, 2.45) is 0 Å². The maximum atomic E-state index is 11.5. The van der Waals surface area contributed by atoms with Gasteiger partial charge in [-0.2, -0.15) is 0 Å². The Balaban J connectivity index is 2.89. The van der Waals surface area contributed by atoms with E-state index in [9.17, 15) is 19.8 Å². The van der Waals surface area contributed by atoms with Crippen LogP contribution >= 0.6 is 0 Å². The van der Waals surface area contributed by atoms with Crippen molar-refractivity contribution >= 4 is 11.9 Å². The lowest BCUT2D eigenvalue weighted by Crippen LogP contribution is -2.17. The third kappa shape index (κ3) is 2.70. The van der Waals surface area contributed by atoms with Crippen molar-refractivity contribution in [1.82, 2.24) is 4.98 Å². The average molecular weight is 299 g/mol. The molecule has 0 saturated heterocycles. The van der Waals surface area contributed by atoms with Crippen LogP contribution < -0.4 is 0 Å². The molecule has 2 rings (SSSR count). The van der Waals surface area contributed by atoms with Crippen LogP contribution in [0.1, 0.15) is 45.8 Å². The number of carboxylic acids is 2. The molecule has 2 aromatic rings. The Labute approximate surface area is 128 Å². The zero-order valence-electron chi connectivity index (χ0n) is 12.5. The second-order valence-corrected chi connectivity index (χ2v) is 4.82. The third-order valence-electron chi connectivity index (χ3n) is 3.58. The zero-order valence-corrected chi connectivity index (χ0v) is 12.5. The van der Waals surface area contributed by atoms with Crippen LogP contribution in [-0.2, 0) is 12.8 Å². The van der Waals surface area contributed by atoms with E-state index in [1.165, 1.54) is 0 Å². The number of carbonyl (C=O) groups is 2. The summed E-state index contributed by atoms with van der Waals surface area (Å²) in [5.74, 6) is -2.58. The fraction of sp³-hybridized carbons (Fsp3) is 0.235. The van der Waals surface area contributed by atoms with Gasteiger partial charge < -0.3 is 10.2 Å². The molecule has 0 amide bonds. The molecule has 22 heavy (non-hydrogen) atoms. The van der Waals surface area contributed by atoms with Crippen molar-refractivity contribution in [3.05, 3.63) is 52.7 Å². The lowest BCUT2D eigenvalue weighted by Gasteiger charge is -2.16. The molecule has 1 aromatic heterocycles. The molecule has 114 valence electrons. The summed E-state index contributed by atoms with van der Waals surface area (Å²) in [7, 11) is 0. The summed E-state index contributed by atoms with van der Waals surface area (Å²) in [5.41, 5.74) is 2.06. The predicted molar refractivity (Wildman–Crippen MR) is 82.3 cm³/mol. The van der Waals surface area contributed by atoms with Crippen LogP contribution in [0, 0.1) is 0 Å². The SMILES string of the molecule is CCc1c(-c2ccccc2)nc(C(=O)O)c(C(=O)O)c1CC. The molecule has 0 saturated carbocycles. The van der Waals surface area contributed by atoms with E-state index < -0.39 is 17.6 Å². The fourth-order valence-corrected chi connectivity index (χ4v) is 2.66.